The number of fused-ring (bicyclic) bond motifs is 5. The van der Waals surface area contributed by atoms with Gasteiger partial charge in [-0.1, -0.05) is 36.4 Å². The third kappa shape index (κ3) is 1.58. The van der Waals surface area contributed by atoms with Crippen molar-refractivity contribution in [2.45, 2.75) is 0 Å². The van der Waals surface area contributed by atoms with Crippen molar-refractivity contribution in [1.82, 2.24) is 0 Å². The Hall–Kier alpha value is -2.48. The lowest BCUT2D eigenvalue weighted by molar-refractivity contribution is 0.629. The largest absolute Gasteiger partial charge is 0.207 e. The molecule has 2 heteroatoms. The van der Waals surface area contributed by atoms with Crippen LogP contribution in [0.15, 0.2) is 60.7 Å². The molecule has 4 aromatic rings. The highest BCUT2D eigenvalue weighted by molar-refractivity contribution is 6.17. The normalized spacial score (nSPS) is 11.5. The first-order valence-corrected chi connectivity index (χ1v) is 6.43. The highest BCUT2D eigenvalue weighted by Gasteiger charge is 2.06. The molecule has 0 heterocycles. The molecular weight excluding hydrogens is 254 g/mol. The maximum absolute atomic E-state index is 13.5. The second-order valence-corrected chi connectivity index (χ2v) is 4.96. The SMILES string of the molecule is Fc1ccc2ccc3c4cc(F)ccc4ccc3c2c1. The van der Waals surface area contributed by atoms with Gasteiger partial charge in [0.25, 0.3) is 0 Å². The van der Waals surface area contributed by atoms with Gasteiger partial charge in [0, 0.05) is 0 Å². The molecule has 0 aliphatic carbocycles. The molecule has 0 aliphatic rings. The molecule has 0 saturated heterocycles. The van der Waals surface area contributed by atoms with Gasteiger partial charge in [-0.2, -0.15) is 0 Å². The Kier molecular flexibility index (Phi) is 2.27. The molecule has 96 valence electrons. The average molecular weight is 264 g/mol. The van der Waals surface area contributed by atoms with Crippen LogP contribution >= 0.6 is 0 Å². The van der Waals surface area contributed by atoms with Crippen molar-refractivity contribution in [3.8, 4) is 0 Å². The van der Waals surface area contributed by atoms with Crippen molar-refractivity contribution < 1.29 is 8.78 Å². The summed E-state index contributed by atoms with van der Waals surface area (Å²) < 4.78 is 27.0. The van der Waals surface area contributed by atoms with Crippen molar-refractivity contribution in [3.63, 3.8) is 0 Å². The average Bonchev–Trinajstić information content (AvgIpc) is 2.46. The van der Waals surface area contributed by atoms with E-state index in [1.165, 1.54) is 24.3 Å². The van der Waals surface area contributed by atoms with Crippen LogP contribution < -0.4 is 0 Å². The molecule has 0 bridgehead atoms. The Morgan fingerprint density at radius 3 is 1.30 bits per heavy atom. The number of rotatable bonds is 0. The first-order chi connectivity index (χ1) is 9.72. The summed E-state index contributed by atoms with van der Waals surface area (Å²) in [5.74, 6) is -0.520. The zero-order valence-corrected chi connectivity index (χ0v) is 10.5. The number of halogens is 2. The molecule has 0 N–H and O–H groups in total. The molecule has 20 heavy (non-hydrogen) atoms. The highest BCUT2D eigenvalue weighted by Crippen LogP contribution is 2.31. The molecule has 0 atom stereocenters. The third-order valence-electron chi connectivity index (χ3n) is 3.76. The molecule has 4 aromatic carbocycles. The molecule has 0 saturated carbocycles. The summed E-state index contributed by atoms with van der Waals surface area (Å²) in [6.45, 7) is 0. The Bertz CT molecular complexity index is 890. The van der Waals surface area contributed by atoms with E-state index in [1.807, 2.05) is 24.3 Å². The standard InChI is InChI=1S/C18H10F2/c19-13-5-1-11-3-7-16-15(17(11)9-13)8-4-12-2-6-14(20)10-18(12)16/h1-10H. The zero-order valence-electron chi connectivity index (χ0n) is 10.5. The predicted octanol–water partition coefficient (Wildman–Crippen LogP) is 5.42. The van der Waals surface area contributed by atoms with Crippen LogP contribution in [0.1, 0.15) is 0 Å². The number of hydrogen-bond donors (Lipinski definition) is 0. The second kappa shape index (κ2) is 4.01. The van der Waals surface area contributed by atoms with Crippen LogP contribution in [0.25, 0.3) is 32.3 Å². The Labute approximate surface area is 114 Å². The van der Waals surface area contributed by atoms with E-state index in [2.05, 4.69) is 0 Å². The van der Waals surface area contributed by atoms with Gasteiger partial charge in [-0.15, -0.1) is 0 Å². The fourth-order valence-corrected chi connectivity index (χ4v) is 2.81. The quantitative estimate of drug-likeness (QED) is 0.372. The van der Waals surface area contributed by atoms with E-state index >= 15 is 0 Å². The van der Waals surface area contributed by atoms with Crippen LogP contribution in [0, 0.1) is 11.6 Å². The van der Waals surface area contributed by atoms with Crippen molar-refractivity contribution in [2.75, 3.05) is 0 Å². The molecule has 0 aromatic heterocycles. The lowest BCUT2D eigenvalue weighted by Crippen LogP contribution is -1.83. The third-order valence-corrected chi connectivity index (χ3v) is 3.76. The fraction of sp³-hybridized carbons (Fsp3) is 0. The highest BCUT2D eigenvalue weighted by atomic mass is 19.1. The minimum atomic E-state index is -0.260. The van der Waals surface area contributed by atoms with Crippen LogP contribution in [-0.4, -0.2) is 0 Å². The van der Waals surface area contributed by atoms with Gasteiger partial charge in [0.15, 0.2) is 0 Å². The molecule has 0 fully saturated rings. The first kappa shape index (κ1) is 11.4. The van der Waals surface area contributed by atoms with Gasteiger partial charge in [-0.3, -0.25) is 0 Å². The molecule has 0 radical (unpaired) electrons. The van der Waals surface area contributed by atoms with Gasteiger partial charge in [0.05, 0.1) is 0 Å². The first-order valence-electron chi connectivity index (χ1n) is 6.43. The molecule has 0 amide bonds. The van der Waals surface area contributed by atoms with Crippen LogP contribution in [0.5, 0.6) is 0 Å². The van der Waals surface area contributed by atoms with Crippen molar-refractivity contribution in [3.05, 3.63) is 72.3 Å². The van der Waals surface area contributed by atoms with Gasteiger partial charge in [-0.25, -0.2) is 8.78 Å². The molecule has 0 nitrogen and oxygen atoms in total. The van der Waals surface area contributed by atoms with Crippen molar-refractivity contribution in [2.24, 2.45) is 0 Å². The lowest BCUT2D eigenvalue weighted by Gasteiger charge is -2.07. The maximum Gasteiger partial charge on any atom is 0.123 e. The van der Waals surface area contributed by atoms with Crippen LogP contribution in [-0.2, 0) is 0 Å². The topological polar surface area (TPSA) is 0 Å². The van der Waals surface area contributed by atoms with Crippen molar-refractivity contribution >= 4 is 32.3 Å². The molecule has 0 aliphatic heterocycles. The van der Waals surface area contributed by atoms with Crippen molar-refractivity contribution in [1.29, 1.82) is 0 Å². The lowest BCUT2D eigenvalue weighted by atomic mass is 9.97. The molecular formula is C18H10F2. The fourth-order valence-electron chi connectivity index (χ4n) is 2.81. The summed E-state index contributed by atoms with van der Waals surface area (Å²) in [5.41, 5.74) is 0. The monoisotopic (exact) mass is 264 g/mol. The van der Waals surface area contributed by atoms with Crippen LogP contribution in [0.3, 0.4) is 0 Å². The van der Waals surface area contributed by atoms with E-state index in [-0.39, 0.29) is 11.6 Å². The summed E-state index contributed by atoms with van der Waals surface area (Å²) in [4.78, 5) is 0. The Balaban J connectivity index is 2.26. The van der Waals surface area contributed by atoms with Gasteiger partial charge < -0.3 is 0 Å². The minimum Gasteiger partial charge on any atom is -0.207 e. The summed E-state index contributed by atoms with van der Waals surface area (Å²) in [7, 11) is 0. The predicted molar refractivity (Wildman–Crippen MR) is 78.9 cm³/mol. The zero-order chi connectivity index (χ0) is 13.7. The molecule has 0 spiro atoms. The summed E-state index contributed by atoms with van der Waals surface area (Å²) in [6.07, 6.45) is 0. The summed E-state index contributed by atoms with van der Waals surface area (Å²) >= 11 is 0. The smallest absolute Gasteiger partial charge is 0.123 e. The van der Waals surface area contributed by atoms with Crippen LogP contribution in [0.4, 0.5) is 8.78 Å². The number of hydrogen-bond acceptors (Lipinski definition) is 0. The van der Waals surface area contributed by atoms with Gasteiger partial charge in [0.1, 0.15) is 11.6 Å². The van der Waals surface area contributed by atoms with Crippen LogP contribution in [0.2, 0.25) is 0 Å². The van der Waals surface area contributed by atoms with E-state index in [0.29, 0.717) is 0 Å². The van der Waals surface area contributed by atoms with Gasteiger partial charge >= 0.3 is 0 Å². The van der Waals surface area contributed by atoms with E-state index < -0.39 is 0 Å². The Morgan fingerprint density at radius 2 is 0.850 bits per heavy atom. The minimum absolute atomic E-state index is 0.260. The maximum atomic E-state index is 13.5. The molecule has 4 rings (SSSR count). The van der Waals surface area contributed by atoms with E-state index in [9.17, 15) is 8.78 Å². The summed E-state index contributed by atoms with van der Waals surface area (Å²) in [5, 5.41) is 5.56. The number of benzene rings is 4. The van der Waals surface area contributed by atoms with E-state index in [0.717, 1.165) is 32.3 Å². The Morgan fingerprint density at radius 1 is 0.450 bits per heavy atom. The van der Waals surface area contributed by atoms with Gasteiger partial charge in [-0.05, 0) is 56.6 Å². The van der Waals surface area contributed by atoms with Gasteiger partial charge in [0.2, 0.25) is 0 Å². The van der Waals surface area contributed by atoms with E-state index in [4.69, 9.17) is 0 Å². The summed E-state index contributed by atoms with van der Waals surface area (Å²) in [6, 6.07) is 17.3. The second-order valence-electron chi connectivity index (χ2n) is 4.96. The van der Waals surface area contributed by atoms with E-state index in [1.54, 1.807) is 12.1 Å². The molecule has 0 unspecified atom stereocenters.